The van der Waals surface area contributed by atoms with Gasteiger partial charge in [0.05, 0.1) is 6.20 Å². The van der Waals surface area contributed by atoms with Crippen molar-refractivity contribution in [3.63, 3.8) is 0 Å². The highest BCUT2D eigenvalue weighted by Gasteiger charge is 2.33. The lowest BCUT2D eigenvalue weighted by Crippen LogP contribution is -2.51. The number of H-pyrrole nitrogens is 1. The maximum atomic E-state index is 11.9. The second-order valence-corrected chi connectivity index (χ2v) is 6.14. The zero-order valence-corrected chi connectivity index (χ0v) is 12.7. The van der Waals surface area contributed by atoms with Crippen molar-refractivity contribution in [1.29, 1.82) is 0 Å². The predicted octanol–water partition coefficient (Wildman–Crippen LogP) is 0.729. The number of piperidine rings is 2. The molecule has 120 valence electrons. The number of hydrogen-bond acceptors (Lipinski definition) is 4. The first-order valence-electron chi connectivity index (χ1n) is 8.06. The fourth-order valence-electron chi connectivity index (χ4n) is 3.62. The Balaban J connectivity index is 1.48. The van der Waals surface area contributed by atoms with Crippen molar-refractivity contribution < 1.29 is 9.59 Å². The van der Waals surface area contributed by atoms with Gasteiger partial charge in [-0.05, 0) is 44.7 Å². The van der Waals surface area contributed by atoms with E-state index in [0.717, 1.165) is 6.42 Å². The molecule has 3 rings (SSSR count). The van der Waals surface area contributed by atoms with Crippen LogP contribution in [0.5, 0.6) is 0 Å². The lowest BCUT2D eigenvalue weighted by atomic mass is 9.83. The Labute approximate surface area is 129 Å². The predicted molar refractivity (Wildman–Crippen MR) is 82.2 cm³/mol. The Kier molecular flexibility index (Phi) is 4.72. The Bertz CT molecular complexity index is 514. The van der Waals surface area contributed by atoms with Gasteiger partial charge in [-0.2, -0.15) is 5.10 Å². The molecule has 0 aromatic carbocycles. The normalized spacial score (nSPS) is 25.3. The van der Waals surface area contributed by atoms with Crippen LogP contribution in [-0.4, -0.2) is 52.6 Å². The molecule has 2 aliphatic rings. The summed E-state index contributed by atoms with van der Waals surface area (Å²) in [4.78, 5) is 26.2. The highest BCUT2D eigenvalue weighted by atomic mass is 16.2. The second-order valence-electron chi connectivity index (χ2n) is 6.14. The summed E-state index contributed by atoms with van der Waals surface area (Å²) in [6.45, 7) is 2.93. The molecule has 2 aliphatic heterocycles. The first-order valence-corrected chi connectivity index (χ1v) is 8.06. The zero-order valence-electron chi connectivity index (χ0n) is 12.7. The van der Waals surface area contributed by atoms with E-state index in [0.29, 0.717) is 24.3 Å². The fourth-order valence-corrected chi connectivity index (χ4v) is 3.62. The van der Waals surface area contributed by atoms with Crippen LogP contribution in [0.1, 0.15) is 32.1 Å². The summed E-state index contributed by atoms with van der Waals surface area (Å²) >= 11 is 0. The molecule has 3 N–H and O–H groups in total. The molecule has 2 amide bonds. The van der Waals surface area contributed by atoms with Gasteiger partial charge in [-0.3, -0.25) is 14.7 Å². The highest BCUT2D eigenvalue weighted by molar-refractivity contribution is 6.39. The summed E-state index contributed by atoms with van der Waals surface area (Å²) in [5.41, 5.74) is 0. The Hall–Kier alpha value is -1.89. The van der Waals surface area contributed by atoms with E-state index in [2.05, 4.69) is 25.7 Å². The average molecular weight is 305 g/mol. The van der Waals surface area contributed by atoms with Crippen LogP contribution < -0.4 is 10.6 Å². The van der Waals surface area contributed by atoms with Gasteiger partial charge in [-0.1, -0.05) is 6.42 Å². The maximum absolute atomic E-state index is 11.9. The standard InChI is InChI=1S/C15H23N5O2/c21-14(15(22)18-13-6-7-17-19-13)16-10-11-4-3-9-20-8-2-1-5-12(11)20/h6-7,11-12H,1-5,8-10H2,(H,16,21)(H2,17,18,19,22)/t11-,12+/m1/s1. The first-order chi connectivity index (χ1) is 10.7. The molecular formula is C15H23N5O2. The third kappa shape index (κ3) is 3.47. The number of hydrogen-bond donors (Lipinski definition) is 3. The Morgan fingerprint density at radius 2 is 2.09 bits per heavy atom. The molecular weight excluding hydrogens is 282 g/mol. The van der Waals surface area contributed by atoms with E-state index in [9.17, 15) is 9.59 Å². The van der Waals surface area contributed by atoms with Crippen molar-refractivity contribution in [2.75, 3.05) is 25.0 Å². The number of carbonyl (C=O) groups is 2. The lowest BCUT2D eigenvalue weighted by molar-refractivity contribution is -0.136. The average Bonchev–Trinajstić information content (AvgIpc) is 3.05. The number of fused-ring (bicyclic) bond motifs is 1. The van der Waals surface area contributed by atoms with E-state index in [1.165, 1.54) is 45.0 Å². The number of carbonyl (C=O) groups excluding carboxylic acids is 2. The van der Waals surface area contributed by atoms with E-state index in [-0.39, 0.29) is 0 Å². The molecule has 2 atom stereocenters. The van der Waals surface area contributed by atoms with Gasteiger partial charge in [0.2, 0.25) is 0 Å². The Morgan fingerprint density at radius 1 is 1.23 bits per heavy atom. The molecule has 7 heteroatoms. The summed E-state index contributed by atoms with van der Waals surface area (Å²) < 4.78 is 0. The molecule has 3 heterocycles. The van der Waals surface area contributed by atoms with Crippen molar-refractivity contribution in [3.05, 3.63) is 12.3 Å². The minimum atomic E-state index is -0.652. The molecule has 0 bridgehead atoms. The summed E-state index contributed by atoms with van der Waals surface area (Å²) in [6, 6.07) is 2.17. The second kappa shape index (κ2) is 6.91. The van der Waals surface area contributed by atoms with Crippen LogP contribution >= 0.6 is 0 Å². The smallest absolute Gasteiger partial charge is 0.314 e. The summed E-state index contributed by atoms with van der Waals surface area (Å²) in [6.07, 6.45) is 7.59. The van der Waals surface area contributed by atoms with Crippen LogP contribution in [0.2, 0.25) is 0 Å². The number of anilines is 1. The van der Waals surface area contributed by atoms with Gasteiger partial charge in [0.1, 0.15) is 5.82 Å². The van der Waals surface area contributed by atoms with E-state index in [4.69, 9.17) is 0 Å². The van der Waals surface area contributed by atoms with Crippen molar-refractivity contribution in [2.45, 2.75) is 38.1 Å². The van der Waals surface area contributed by atoms with Crippen molar-refractivity contribution in [1.82, 2.24) is 20.4 Å². The van der Waals surface area contributed by atoms with Crippen LogP contribution in [0.3, 0.4) is 0 Å². The number of aromatic amines is 1. The van der Waals surface area contributed by atoms with Crippen LogP contribution in [-0.2, 0) is 9.59 Å². The number of nitrogens with zero attached hydrogens (tertiary/aromatic N) is 2. The van der Waals surface area contributed by atoms with Crippen LogP contribution in [0, 0.1) is 5.92 Å². The van der Waals surface area contributed by atoms with Crippen molar-refractivity contribution >= 4 is 17.6 Å². The van der Waals surface area contributed by atoms with E-state index in [1.54, 1.807) is 6.07 Å². The molecule has 0 radical (unpaired) electrons. The molecule has 0 spiro atoms. The maximum Gasteiger partial charge on any atom is 0.314 e. The molecule has 0 saturated carbocycles. The lowest BCUT2D eigenvalue weighted by Gasteiger charge is -2.44. The number of amides is 2. The molecule has 1 aromatic heterocycles. The molecule has 0 unspecified atom stereocenters. The van der Waals surface area contributed by atoms with Gasteiger partial charge >= 0.3 is 11.8 Å². The summed E-state index contributed by atoms with van der Waals surface area (Å²) in [5.74, 6) is -0.350. The molecule has 2 saturated heterocycles. The van der Waals surface area contributed by atoms with Crippen LogP contribution in [0.15, 0.2) is 12.3 Å². The molecule has 7 nitrogen and oxygen atoms in total. The number of rotatable bonds is 3. The third-order valence-electron chi connectivity index (χ3n) is 4.71. The van der Waals surface area contributed by atoms with Gasteiger partial charge in [0.25, 0.3) is 0 Å². The van der Waals surface area contributed by atoms with Gasteiger partial charge < -0.3 is 15.5 Å². The monoisotopic (exact) mass is 305 g/mol. The van der Waals surface area contributed by atoms with E-state index in [1.807, 2.05) is 0 Å². The van der Waals surface area contributed by atoms with Crippen LogP contribution in [0.4, 0.5) is 5.82 Å². The molecule has 22 heavy (non-hydrogen) atoms. The quantitative estimate of drug-likeness (QED) is 0.718. The number of aromatic nitrogens is 2. The minimum Gasteiger partial charge on any atom is -0.347 e. The topological polar surface area (TPSA) is 90.1 Å². The SMILES string of the molecule is O=C(NC[C@H]1CCCN2CCCC[C@@H]12)C(=O)Nc1ccn[nH]1. The van der Waals surface area contributed by atoms with Gasteiger partial charge in [-0.15, -0.1) is 0 Å². The molecule has 1 aromatic rings. The zero-order chi connectivity index (χ0) is 15.4. The summed E-state index contributed by atoms with van der Waals surface area (Å²) in [5, 5.41) is 11.6. The highest BCUT2D eigenvalue weighted by Crippen LogP contribution is 2.30. The minimum absolute atomic E-state index is 0.427. The van der Waals surface area contributed by atoms with E-state index >= 15 is 0 Å². The van der Waals surface area contributed by atoms with Crippen molar-refractivity contribution in [2.24, 2.45) is 5.92 Å². The largest absolute Gasteiger partial charge is 0.347 e. The summed E-state index contributed by atoms with van der Waals surface area (Å²) in [7, 11) is 0. The van der Waals surface area contributed by atoms with Gasteiger partial charge in [0, 0.05) is 18.7 Å². The number of nitrogens with one attached hydrogen (secondary N) is 3. The first kappa shape index (κ1) is 15.0. The van der Waals surface area contributed by atoms with Crippen molar-refractivity contribution in [3.8, 4) is 0 Å². The molecule has 0 aliphatic carbocycles. The Morgan fingerprint density at radius 3 is 2.91 bits per heavy atom. The fraction of sp³-hybridized carbons (Fsp3) is 0.667. The third-order valence-corrected chi connectivity index (χ3v) is 4.71. The van der Waals surface area contributed by atoms with E-state index < -0.39 is 11.8 Å². The van der Waals surface area contributed by atoms with Crippen LogP contribution in [0.25, 0.3) is 0 Å². The molecule has 2 fully saturated rings. The van der Waals surface area contributed by atoms with Gasteiger partial charge in [0.15, 0.2) is 0 Å². The van der Waals surface area contributed by atoms with Gasteiger partial charge in [-0.25, -0.2) is 0 Å².